The maximum absolute atomic E-state index is 11.0. The summed E-state index contributed by atoms with van der Waals surface area (Å²) in [6.45, 7) is 1.68. The number of methoxy groups -OCH3 is 1. The van der Waals surface area contributed by atoms with Crippen LogP contribution in [0.25, 0.3) is 0 Å². The van der Waals surface area contributed by atoms with Crippen LogP contribution in [0.4, 0.5) is 5.69 Å². The van der Waals surface area contributed by atoms with Crippen LogP contribution in [-0.2, 0) is 6.54 Å². The lowest BCUT2D eigenvalue weighted by Gasteiger charge is -2.22. The van der Waals surface area contributed by atoms with Crippen molar-refractivity contribution in [3.05, 3.63) is 33.9 Å². The van der Waals surface area contributed by atoms with Gasteiger partial charge in [-0.25, -0.2) is 0 Å². The lowest BCUT2D eigenvalue weighted by Crippen LogP contribution is -2.31. The van der Waals surface area contributed by atoms with E-state index in [2.05, 4.69) is 4.90 Å². The number of benzene rings is 1. The molecular formula is C13H18N2O4. The lowest BCUT2D eigenvalue weighted by atomic mass is 10.1. The van der Waals surface area contributed by atoms with Gasteiger partial charge >= 0.3 is 5.69 Å². The van der Waals surface area contributed by atoms with Crippen molar-refractivity contribution in [1.29, 1.82) is 0 Å². The molecule has 6 nitrogen and oxygen atoms in total. The molecule has 0 spiro atoms. The van der Waals surface area contributed by atoms with Gasteiger partial charge in [0, 0.05) is 18.7 Å². The fourth-order valence-electron chi connectivity index (χ4n) is 2.52. The Morgan fingerprint density at radius 3 is 3.00 bits per heavy atom. The normalized spacial score (nSPS) is 19.6. The van der Waals surface area contributed by atoms with E-state index in [0.717, 1.165) is 24.9 Å². The maximum Gasteiger partial charge on any atom is 0.311 e. The van der Waals surface area contributed by atoms with Crippen LogP contribution < -0.4 is 4.74 Å². The lowest BCUT2D eigenvalue weighted by molar-refractivity contribution is -0.385. The summed E-state index contributed by atoms with van der Waals surface area (Å²) < 4.78 is 4.98. The van der Waals surface area contributed by atoms with E-state index < -0.39 is 4.92 Å². The predicted molar refractivity (Wildman–Crippen MR) is 70.2 cm³/mol. The van der Waals surface area contributed by atoms with E-state index in [1.165, 1.54) is 7.11 Å². The molecule has 0 radical (unpaired) electrons. The molecule has 0 bridgehead atoms. The van der Waals surface area contributed by atoms with E-state index in [0.29, 0.717) is 6.54 Å². The van der Waals surface area contributed by atoms with Gasteiger partial charge in [0.15, 0.2) is 5.75 Å². The van der Waals surface area contributed by atoms with Gasteiger partial charge in [0.1, 0.15) is 0 Å². The Morgan fingerprint density at radius 1 is 1.58 bits per heavy atom. The highest BCUT2D eigenvalue weighted by atomic mass is 16.6. The zero-order valence-electron chi connectivity index (χ0n) is 10.9. The Bertz CT molecular complexity index is 464. The Morgan fingerprint density at radius 2 is 2.37 bits per heavy atom. The standard InChI is InChI=1S/C13H18N2O4/c1-19-13-5-4-10(7-12(13)15(17)18)8-14-6-2-3-11(14)9-16/h4-5,7,11,16H,2-3,6,8-9H2,1H3/t11-/m1/s1. The molecule has 1 aliphatic rings. The number of aliphatic hydroxyl groups excluding tert-OH is 1. The summed E-state index contributed by atoms with van der Waals surface area (Å²) in [6, 6.07) is 5.17. The topological polar surface area (TPSA) is 75.8 Å². The van der Waals surface area contributed by atoms with Crippen LogP contribution in [-0.4, -0.2) is 41.2 Å². The Balaban J connectivity index is 2.17. The summed E-state index contributed by atoms with van der Waals surface area (Å²) in [6.07, 6.45) is 2.04. The minimum absolute atomic E-state index is 0.0141. The first-order valence-electron chi connectivity index (χ1n) is 6.32. The second-order valence-corrected chi connectivity index (χ2v) is 4.71. The van der Waals surface area contributed by atoms with Crippen LogP contribution in [0.15, 0.2) is 18.2 Å². The molecule has 104 valence electrons. The number of nitro benzene ring substituents is 1. The van der Waals surface area contributed by atoms with E-state index in [-0.39, 0.29) is 24.1 Å². The summed E-state index contributed by atoms with van der Waals surface area (Å²) >= 11 is 0. The second-order valence-electron chi connectivity index (χ2n) is 4.71. The molecule has 1 aromatic carbocycles. The Hall–Kier alpha value is -1.66. The number of nitrogens with zero attached hydrogens (tertiary/aromatic N) is 2. The highest BCUT2D eigenvalue weighted by Crippen LogP contribution is 2.29. The monoisotopic (exact) mass is 266 g/mol. The van der Waals surface area contributed by atoms with Crippen LogP contribution in [0.1, 0.15) is 18.4 Å². The van der Waals surface area contributed by atoms with E-state index >= 15 is 0 Å². The van der Waals surface area contributed by atoms with Gasteiger partial charge in [0.25, 0.3) is 0 Å². The van der Waals surface area contributed by atoms with Crippen molar-refractivity contribution in [2.75, 3.05) is 20.3 Å². The molecule has 19 heavy (non-hydrogen) atoms. The van der Waals surface area contributed by atoms with Gasteiger partial charge in [-0.2, -0.15) is 0 Å². The molecule has 0 aliphatic carbocycles. The Kier molecular flexibility index (Phi) is 4.34. The van der Waals surface area contributed by atoms with Gasteiger partial charge in [-0.05, 0) is 31.0 Å². The molecule has 1 heterocycles. The fraction of sp³-hybridized carbons (Fsp3) is 0.538. The molecule has 1 saturated heterocycles. The van der Waals surface area contributed by atoms with E-state index in [4.69, 9.17) is 4.74 Å². The maximum atomic E-state index is 11.0. The number of ether oxygens (including phenoxy) is 1. The number of hydrogen-bond donors (Lipinski definition) is 1. The fourth-order valence-corrected chi connectivity index (χ4v) is 2.52. The molecule has 0 amide bonds. The van der Waals surface area contributed by atoms with Crippen molar-refractivity contribution in [2.45, 2.75) is 25.4 Å². The molecule has 1 aromatic rings. The first-order chi connectivity index (χ1) is 9.15. The van der Waals surface area contributed by atoms with Crippen molar-refractivity contribution >= 4 is 5.69 Å². The SMILES string of the molecule is COc1ccc(CN2CCC[C@@H]2CO)cc1[N+](=O)[O-]. The minimum Gasteiger partial charge on any atom is -0.490 e. The zero-order valence-corrected chi connectivity index (χ0v) is 10.9. The summed E-state index contributed by atoms with van der Waals surface area (Å²) in [5.74, 6) is 0.272. The highest BCUT2D eigenvalue weighted by Gasteiger charge is 2.24. The van der Waals surface area contributed by atoms with Gasteiger partial charge in [-0.1, -0.05) is 6.07 Å². The molecule has 0 unspecified atom stereocenters. The summed E-state index contributed by atoms with van der Waals surface area (Å²) in [5, 5.41) is 20.2. The number of likely N-dealkylation sites (tertiary alicyclic amines) is 1. The molecule has 2 rings (SSSR count). The van der Waals surface area contributed by atoms with Crippen LogP contribution in [0.3, 0.4) is 0 Å². The number of rotatable bonds is 5. The van der Waals surface area contributed by atoms with Gasteiger partial charge in [0.2, 0.25) is 0 Å². The summed E-state index contributed by atoms with van der Waals surface area (Å²) in [5.41, 5.74) is 0.854. The van der Waals surface area contributed by atoms with Crippen molar-refractivity contribution in [3.63, 3.8) is 0 Å². The molecule has 1 N–H and O–H groups in total. The smallest absolute Gasteiger partial charge is 0.311 e. The third-order valence-corrected chi connectivity index (χ3v) is 3.54. The predicted octanol–water partition coefficient (Wildman–Crippen LogP) is 1.56. The van der Waals surface area contributed by atoms with E-state index in [1.54, 1.807) is 12.1 Å². The van der Waals surface area contributed by atoms with E-state index in [9.17, 15) is 15.2 Å². The van der Waals surface area contributed by atoms with Gasteiger partial charge in [-0.3, -0.25) is 15.0 Å². The summed E-state index contributed by atoms with van der Waals surface area (Å²) in [7, 11) is 1.42. The van der Waals surface area contributed by atoms with Crippen molar-refractivity contribution < 1.29 is 14.8 Å². The van der Waals surface area contributed by atoms with Crippen molar-refractivity contribution in [1.82, 2.24) is 4.90 Å². The molecule has 1 fully saturated rings. The summed E-state index contributed by atoms with van der Waals surface area (Å²) in [4.78, 5) is 12.7. The molecule has 0 saturated carbocycles. The highest BCUT2D eigenvalue weighted by molar-refractivity contribution is 5.48. The molecular weight excluding hydrogens is 248 g/mol. The third kappa shape index (κ3) is 3.02. The van der Waals surface area contributed by atoms with Crippen LogP contribution in [0, 0.1) is 10.1 Å². The average Bonchev–Trinajstić information content (AvgIpc) is 2.85. The quantitative estimate of drug-likeness (QED) is 0.646. The van der Waals surface area contributed by atoms with Gasteiger partial charge in [-0.15, -0.1) is 0 Å². The first kappa shape index (κ1) is 13.8. The molecule has 0 aromatic heterocycles. The number of hydrogen-bond acceptors (Lipinski definition) is 5. The molecule has 1 atom stereocenters. The molecule has 6 heteroatoms. The number of aliphatic hydroxyl groups is 1. The molecule has 1 aliphatic heterocycles. The van der Waals surface area contributed by atoms with Crippen LogP contribution in [0.2, 0.25) is 0 Å². The van der Waals surface area contributed by atoms with Crippen LogP contribution >= 0.6 is 0 Å². The number of nitro groups is 1. The first-order valence-corrected chi connectivity index (χ1v) is 6.32. The Labute approximate surface area is 111 Å². The van der Waals surface area contributed by atoms with Gasteiger partial charge < -0.3 is 9.84 Å². The van der Waals surface area contributed by atoms with E-state index in [1.807, 2.05) is 6.07 Å². The third-order valence-electron chi connectivity index (χ3n) is 3.54. The zero-order chi connectivity index (χ0) is 13.8. The van der Waals surface area contributed by atoms with Crippen LogP contribution in [0.5, 0.6) is 5.75 Å². The minimum atomic E-state index is -0.435. The van der Waals surface area contributed by atoms with Crippen molar-refractivity contribution in [3.8, 4) is 5.75 Å². The van der Waals surface area contributed by atoms with Crippen molar-refractivity contribution in [2.24, 2.45) is 0 Å². The largest absolute Gasteiger partial charge is 0.490 e. The van der Waals surface area contributed by atoms with Gasteiger partial charge in [0.05, 0.1) is 18.6 Å². The average molecular weight is 266 g/mol. The second kappa shape index (κ2) is 5.99.